The molecule has 0 radical (unpaired) electrons. The molecule has 2 bridgehead atoms. The summed E-state index contributed by atoms with van der Waals surface area (Å²) in [4.78, 5) is 14.8. The molecule has 2 heterocycles. The summed E-state index contributed by atoms with van der Waals surface area (Å²) >= 11 is 0. The zero-order chi connectivity index (χ0) is 19.8. The first-order chi connectivity index (χ1) is 13.7. The second-order valence-electron chi connectivity index (χ2n) is 7.92. The summed E-state index contributed by atoms with van der Waals surface area (Å²) in [5.74, 6) is -0.0604. The van der Waals surface area contributed by atoms with Crippen molar-refractivity contribution in [2.24, 2.45) is 5.92 Å². The van der Waals surface area contributed by atoms with Gasteiger partial charge in [0.25, 0.3) is 0 Å². The van der Waals surface area contributed by atoms with E-state index in [-0.39, 0.29) is 23.7 Å². The molecule has 5 nitrogen and oxygen atoms in total. The normalized spacial score (nSPS) is 24.2. The number of piperidine rings is 1. The third-order valence-corrected chi connectivity index (χ3v) is 5.78. The Labute approximate surface area is 168 Å². The minimum Gasteiger partial charge on any atom is -0.511 e. The van der Waals surface area contributed by atoms with Gasteiger partial charge in [-0.3, -0.25) is 4.90 Å². The maximum Gasteiger partial charge on any atom is 0.338 e. The van der Waals surface area contributed by atoms with Crippen LogP contribution in [0.25, 0.3) is 0 Å². The number of rotatable bonds is 10. The molecule has 1 aromatic carbocycles. The minimum absolute atomic E-state index is 0.0433. The van der Waals surface area contributed by atoms with Crippen LogP contribution in [0.2, 0.25) is 0 Å². The highest BCUT2D eigenvalue weighted by Gasteiger charge is 2.38. The number of carbonyl (C=O) groups excluding carboxylic acids is 1. The van der Waals surface area contributed by atoms with E-state index in [4.69, 9.17) is 9.47 Å². The van der Waals surface area contributed by atoms with E-state index >= 15 is 0 Å². The highest BCUT2D eigenvalue weighted by Crippen LogP contribution is 2.33. The van der Waals surface area contributed by atoms with Crippen LogP contribution in [0, 0.1) is 5.92 Å². The summed E-state index contributed by atoms with van der Waals surface area (Å²) in [6, 6.07) is 10.4. The molecule has 28 heavy (non-hydrogen) atoms. The highest BCUT2D eigenvalue weighted by atomic mass is 16.5. The SMILES string of the molecule is CCCCCCOC(=O)C1=C(O)C2CCC(COCc3ccccc3)N(C1)C2. The Hall–Kier alpha value is -1.85. The lowest BCUT2D eigenvalue weighted by atomic mass is 9.85. The van der Waals surface area contributed by atoms with Crippen molar-refractivity contribution in [2.45, 2.75) is 58.1 Å². The molecule has 0 aromatic heterocycles. The van der Waals surface area contributed by atoms with Crippen molar-refractivity contribution in [3.63, 3.8) is 0 Å². The molecule has 1 aromatic rings. The van der Waals surface area contributed by atoms with Crippen molar-refractivity contribution in [3.8, 4) is 0 Å². The second-order valence-corrected chi connectivity index (χ2v) is 7.92. The van der Waals surface area contributed by atoms with E-state index in [1.54, 1.807) is 0 Å². The zero-order valence-corrected chi connectivity index (χ0v) is 16.9. The van der Waals surface area contributed by atoms with Gasteiger partial charge in [0, 0.05) is 25.0 Å². The average molecular weight is 388 g/mol. The van der Waals surface area contributed by atoms with Gasteiger partial charge in [-0.2, -0.15) is 0 Å². The molecule has 3 rings (SSSR count). The average Bonchev–Trinajstić information content (AvgIpc) is 2.72. The summed E-state index contributed by atoms with van der Waals surface area (Å²) in [5, 5.41) is 10.5. The molecule has 1 fully saturated rings. The topological polar surface area (TPSA) is 59.0 Å². The van der Waals surface area contributed by atoms with Gasteiger partial charge in [0.15, 0.2) is 0 Å². The zero-order valence-electron chi connectivity index (χ0n) is 16.9. The van der Waals surface area contributed by atoms with E-state index in [1.807, 2.05) is 18.2 Å². The Kier molecular flexibility index (Phi) is 7.92. The van der Waals surface area contributed by atoms with Gasteiger partial charge >= 0.3 is 5.97 Å². The van der Waals surface area contributed by atoms with Crippen molar-refractivity contribution in [1.29, 1.82) is 0 Å². The molecular formula is C23H33NO4. The second kappa shape index (κ2) is 10.6. The van der Waals surface area contributed by atoms with Crippen LogP contribution >= 0.6 is 0 Å². The smallest absolute Gasteiger partial charge is 0.338 e. The number of aliphatic hydroxyl groups is 1. The number of nitrogens with zero attached hydrogens (tertiary/aromatic N) is 1. The number of unbranched alkanes of at least 4 members (excludes halogenated alkanes) is 3. The van der Waals surface area contributed by atoms with E-state index in [0.29, 0.717) is 31.9 Å². The van der Waals surface area contributed by atoms with Crippen LogP contribution in [-0.4, -0.2) is 48.3 Å². The molecule has 0 amide bonds. The van der Waals surface area contributed by atoms with E-state index in [1.165, 1.54) is 5.56 Å². The lowest BCUT2D eigenvalue weighted by molar-refractivity contribution is -0.140. The van der Waals surface area contributed by atoms with Gasteiger partial charge in [0.1, 0.15) is 5.76 Å². The minimum atomic E-state index is -0.352. The number of ether oxygens (including phenoxy) is 2. The number of fused-ring (bicyclic) bond motifs is 2. The summed E-state index contributed by atoms with van der Waals surface area (Å²) < 4.78 is 11.4. The van der Waals surface area contributed by atoms with Crippen molar-refractivity contribution in [2.75, 3.05) is 26.3 Å². The molecule has 1 N–H and O–H groups in total. The molecule has 2 aliphatic rings. The van der Waals surface area contributed by atoms with E-state index in [9.17, 15) is 9.90 Å². The Balaban J connectivity index is 1.49. The third-order valence-electron chi connectivity index (χ3n) is 5.78. The van der Waals surface area contributed by atoms with Crippen LogP contribution in [0.3, 0.4) is 0 Å². The third kappa shape index (κ3) is 5.58. The quantitative estimate of drug-likeness (QED) is 0.481. The number of hydrogen-bond acceptors (Lipinski definition) is 5. The van der Waals surface area contributed by atoms with Gasteiger partial charge in [-0.1, -0.05) is 56.5 Å². The van der Waals surface area contributed by atoms with Crippen LogP contribution in [0.4, 0.5) is 0 Å². The van der Waals surface area contributed by atoms with Gasteiger partial charge in [0.2, 0.25) is 0 Å². The molecule has 3 unspecified atom stereocenters. The van der Waals surface area contributed by atoms with E-state index in [0.717, 1.165) is 45.1 Å². The van der Waals surface area contributed by atoms with Gasteiger partial charge < -0.3 is 14.6 Å². The molecule has 2 aliphatic heterocycles. The van der Waals surface area contributed by atoms with Crippen LogP contribution in [0.15, 0.2) is 41.7 Å². The van der Waals surface area contributed by atoms with Crippen molar-refractivity contribution in [3.05, 3.63) is 47.2 Å². The molecule has 1 saturated heterocycles. The Bertz CT molecular complexity index is 658. The Morgan fingerprint density at radius 1 is 1.18 bits per heavy atom. The van der Waals surface area contributed by atoms with Crippen molar-refractivity contribution >= 4 is 5.97 Å². The van der Waals surface area contributed by atoms with Crippen LogP contribution in [0.1, 0.15) is 51.0 Å². The fourth-order valence-corrected chi connectivity index (χ4v) is 4.07. The predicted octanol–water partition coefficient (Wildman–Crippen LogP) is 4.23. The van der Waals surface area contributed by atoms with E-state index < -0.39 is 0 Å². The monoisotopic (exact) mass is 387 g/mol. The number of carbonyl (C=O) groups is 1. The molecule has 0 spiro atoms. The van der Waals surface area contributed by atoms with Crippen molar-refractivity contribution in [1.82, 2.24) is 4.90 Å². The highest BCUT2D eigenvalue weighted by molar-refractivity contribution is 5.89. The fraction of sp³-hybridized carbons (Fsp3) is 0.609. The molecular weight excluding hydrogens is 354 g/mol. The summed E-state index contributed by atoms with van der Waals surface area (Å²) in [6.45, 7) is 5.08. The van der Waals surface area contributed by atoms with Crippen LogP contribution < -0.4 is 0 Å². The predicted molar refractivity (Wildman–Crippen MR) is 109 cm³/mol. The van der Waals surface area contributed by atoms with Crippen LogP contribution in [-0.2, 0) is 20.9 Å². The lowest BCUT2D eigenvalue weighted by Crippen LogP contribution is -2.51. The molecule has 5 heteroatoms. The lowest BCUT2D eigenvalue weighted by Gasteiger charge is -2.43. The first-order valence-electron chi connectivity index (χ1n) is 10.6. The Morgan fingerprint density at radius 3 is 2.79 bits per heavy atom. The number of benzene rings is 1. The first-order valence-corrected chi connectivity index (χ1v) is 10.6. The van der Waals surface area contributed by atoms with Crippen molar-refractivity contribution < 1.29 is 19.4 Å². The summed E-state index contributed by atoms with van der Waals surface area (Å²) in [7, 11) is 0. The maximum absolute atomic E-state index is 12.5. The first kappa shape index (κ1) is 20.9. The van der Waals surface area contributed by atoms with Crippen LogP contribution in [0.5, 0.6) is 0 Å². The van der Waals surface area contributed by atoms with Gasteiger partial charge in [0.05, 0.1) is 25.4 Å². The fourth-order valence-electron chi connectivity index (χ4n) is 4.07. The number of esters is 1. The number of aliphatic hydroxyl groups excluding tert-OH is 1. The van der Waals surface area contributed by atoms with Gasteiger partial charge in [-0.05, 0) is 24.8 Å². The van der Waals surface area contributed by atoms with Gasteiger partial charge in [-0.15, -0.1) is 0 Å². The summed E-state index contributed by atoms with van der Waals surface area (Å²) in [6.07, 6.45) is 6.13. The Morgan fingerprint density at radius 2 is 2.00 bits per heavy atom. The number of hydrogen-bond donors (Lipinski definition) is 1. The molecule has 154 valence electrons. The molecule has 0 aliphatic carbocycles. The largest absolute Gasteiger partial charge is 0.511 e. The summed E-state index contributed by atoms with van der Waals surface area (Å²) in [5.41, 5.74) is 1.61. The standard InChI is InChI=1S/C23H33NO4/c1-2-3-4-8-13-28-23(26)21-15-24-14-19(22(21)25)11-12-20(24)17-27-16-18-9-6-5-7-10-18/h5-7,9-10,19-20,25H,2-4,8,11-17H2,1H3. The molecule has 3 atom stereocenters. The molecule has 0 saturated carbocycles. The van der Waals surface area contributed by atoms with E-state index in [2.05, 4.69) is 24.0 Å². The maximum atomic E-state index is 12.5. The van der Waals surface area contributed by atoms with Gasteiger partial charge in [-0.25, -0.2) is 4.79 Å².